The first kappa shape index (κ1) is 16.7. The van der Waals surface area contributed by atoms with Crippen molar-refractivity contribution < 1.29 is 4.79 Å². The lowest BCUT2D eigenvalue weighted by atomic mass is 9.94. The molecule has 1 saturated heterocycles. The van der Waals surface area contributed by atoms with Crippen LogP contribution in [-0.2, 0) is 17.8 Å². The summed E-state index contributed by atoms with van der Waals surface area (Å²) >= 11 is 1.75. The van der Waals surface area contributed by atoms with Gasteiger partial charge in [-0.2, -0.15) is 5.10 Å². The van der Waals surface area contributed by atoms with E-state index in [1.807, 2.05) is 23.0 Å². The number of thiazole rings is 1. The molecule has 0 bridgehead atoms. The average Bonchev–Trinajstić information content (AvgIpc) is 3.27. The molecule has 1 amide bonds. The number of benzene rings is 1. The fourth-order valence-electron chi connectivity index (χ4n) is 4.16. The van der Waals surface area contributed by atoms with Gasteiger partial charge in [0.1, 0.15) is 0 Å². The molecule has 1 unspecified atom stereocenters. The van der Waals surface area contributed by atoms with Crippen molar-refractivity contribution in [1.82, 2.24) is 19.7 Å². The van der Waals surface area contributed by atoms with Crippen LogP contribution in [0.1, 0.15) is 18.5 Å². The summed E-state index contributed by atoms with van der Waals surface area (Å²) in [5.74, 6) is 0.414. The molecule has 1 aromatic carbocycles. The Labute approximate surface area is 162 Å². The monoisotopic (exact) mass is 381 g/mol. The van der Waals surface area contributed by atoms with Gasteiger partial charge in [0.2, 0.25) is 5.91 Å². The van der Waals surface area contributed by atoms with Crippen molar-refractivity contribution in [3.63, 3.8) is 0 Å². The van der Waals surface area contributed by atoms with Crippen LogP contribution in [0.2, 0.25) is 0 Å². The molecule has 3 aromatic rings. The Balaban J connectivity index is 1.26. The predicted octanol–water partition coefficient (Wildman–Crippen LogP) is 2.79. The second-order valence-electron chi connectivity index (χ2n) is 7.37. The van der Waals surface area contributed by atoms with Gasteiger partial charge in [-0.15, -0.1) is 0 Å². The van der Waals surface area contributed by atoms with Crippen LogP contribution in [0.15, 0.2) is 36.5 Å². The third-order valence-corrected chi connectivity index (χ3v) is 6.76. The zero-order chi connectivity index (χ0) is 18.2. The molecule has 5 rings (SSSR count). The van der Waals surface area contributed by atoms with Crippen LogP contribution in [0.3, 0.4) is 0 Å². The Bertz CT molecular complexity index is 931. The zero-order valence-corrected chi connectivity index (χ0v) is 16.1. The van der Waals surface area contributed by atoms with Crippen LogP contribution in [0.4, 0.5) is 5.13 Å². The highest BCUT2D eigenvalue weighted by atomic mass is 32.1. The van der Waals surface area contributed by atoms with Crippen LogP contribution in [-0.4, -0.2) is 51.8 Å². The maximum Gasteiger partial charge on any atom is 0.226 e. The van der Waals surface area contributed by atoms with Gasteiger partial charge in [0.15, 0.2) is 5.13 Å². The summed E-state index contributed by atoms with van der Waals surface area (Å²) in [6, 6.07) is 10.3. The molecule has 0 radical (unpaired) electrons. The van der Waals surface area contributed by atoms with Crippen molar-refractivity contribution in [3.8, 4) is 0 Å². The lowest BCUT2D eigenvalue weighted by Crippen LogP contribution is -2.41. The first-order valence-corrected chi connectivity index (χ1v) is 10.5. The summed E-state index contributed by atoms with van der Waals surface area (Å²) in [6.45, 7) is 4.29. The van der Waals surface area contributed by atoms with Crippen molar-refractivity contribution in [2.45, 2.75) is 25.8 Å². The first-order chi connectivity index (χ1) is 13.3. The summed E-state index contributed by atoms with van der Waals surface area (Å²) < 4.78 is 3.25. The molecular weight excluding hydrogens is 358 g/mol. The van der Waals surface area contributed by atoms with Crippen molar-refractivity contribution >= 4 is 32.6 Å². The number of aromatic nitrogens is 3. The number of hydrogen-bond donors (Lipinski definition) is 0. The number of anilines is 1. The lowest BCUT2D eigenvalue weighted by Gasteiger charge is -2.29. The maximum atomic E-state index is 13.1. The molecule has 6 nitrogen and oxygen atoms in total. The average molecular weight is 382 g/mol. The third-order valence-electron chi connectivity index (χ3n) is 5.66. The molecule has 140 valence electrons. The van der Waals surface area contributed by atoms with Crippen LogP contribution >= 0.6 is 11.3 Å². The summed E-state index contributed by atoms with van der Waals surface area (Å²) in [4.78, 5) is 22.3. The summed E-state index contributed by atoms with van der Waals surface area (Å²) in [7, 11) is 0. The van der Waals surface area contributed by atoms with E-state index in [9.17, 15) is 4.79 Å². The molecule has 2 aliphatic rings. The quantitative estimate of drug-likeness (QED) is 0.685. The second-order valence-corrected chi connectivity index (χ2v) is 8.37. The fourth-order valence-corrected chi connectivity index (χ4v) is 5.18. The maximum absolute atomic E-state index is 13.1. The minimum atomic E-state index is 0.100. The van der Waals surface area contributed by atoms with E-state index in [0.29, 0.717) is 5.91 Å². The number of para-hydroxylation sites is 1. The van der Waals surface area contributed by atoms with Gasteiger partial charge >= 0.3 is 0 Å². The number of rotatable bonds is 2. The van der Waals surface area contributed by atoms with E-state index in [0.717, 1.165) is 62.6 Å². The predicted molar refractivity (Wildman–Crippen MR) is 107 cm³/mol. The normalized spacial score (nSPS) is 20.5. The van der Waals surface area contributed by atoms with E-state index in [4.69, 9.17) is 4.98 Å². The second kappa shape index (κ2) is 6.96. The molecule has 2 aromatic heterocycles. The molecule has 0 N–H and O–H groups in total. The Morgan fingerprint density at radius 1 is 1.07 bits per heavy atom. The molecule has 7 heteroatoms. The van der Waals surface area contributed by atoms with Crippen molar-refractivity contribution in [1.29, 1.82) is 0 Å². The number of amides is 1. The summed E-state index contributed by atoms with van der Waals surface area (Å²) in [5, 5.41) is 5.39. The smallest absolute Gasteiger partial charge is 0.226 e. The SMILES string of the molecule is O=C(C1CCn2nccc2C1)N1CCCN(c2nc3ccccc3s2)CC1. The third kappa shape index (κ3) is 3.20. The van der Waals surface area contributed by atoms with Crippen molar-refractivity contribution in [2.24, 2.45) is 5.92 Å². The van der Waals surface area contributed by atoms with Gasteiger partial charge in [-0.05, 0) is 31.0 Å². The standard InChI is InChI=1S/C20H23N5OS/c26-19(15-7-11-25-16(14-15)6-8-21-25)23-9-3-10-24(13-12-23)20-22-17-4-1-2-5-18(17)27-20/h1-2,4-6,8,15H,3,7,9-14H2. The van der Waals surface area contributed by atoms with Crippen molar-refractivity contribution in [2.75, 3.05) is 31.1 Å². The molecule has 0 saturated carbocycles. The largest absolute Gasteiger partial charge is 0.346 e. The Morgan fingerprint density at radius 3 is 2.93 bits per heavy atom. The fraction of sp³-hybridized carbons (Fsp3) is 0.450. The number of nitrogens with zero attached hydrogens (tertiary/aromatic N) is 5. The van der Waals surface area contributed by atoms with E-state index in [-0.39, 0.29) is 5.92 Å². The minimum absolute atomic E-state index is 0.100. The molecular formula is C20H23N5OS. The number of aryl methyl sites for hydroxylation is 1. The Morgan fingerprint density at radius 2 is 2.00 bits per heavy atom. The van der Waals surface area contributed by atoms with E-state index >= 15 is 0 Å². The summed E-state index contributed by atoms with van der Waals surface area (Å²) in [5.41, 5.74) is 2.25. The van der Waals surface area contributed by atoms with Gasteiger partial charge in [0.25, 0.3) is 0 Å². The number of carbonyl (C=O) groups is 1. The lowest BCUT2D eigenvalue weighted by molar-refractivity contribution is -0.136. The highest BCUT2D eigenvalue weighted by Gasteiger charge is 2.30. The molecule has 1 fully saturated rings. The van der Waals surface area contributed by atoms with Crippen LogP contribution in [0.25, 0.3) is 10.2 Å². The number of carbonyl (C=O) groups excluding carboxylic acids is 1. The van der Waals surface area contributed by atoms with Gasteiger partial charge in [0.05, 0.1) is 10.2 Å². The van der Waals surface area contributed by atoms with E-state index in [1.165, 1.54) is 10.4 Å². The molecule has 2 aliphatic heterocycles. The molecule has 4 heterocycles. The number of hydrogen-bond acceptors (Lipinski definition) is 5. The topological polar surface area (TPSA) is 54.3 Å². The molecule has 0 spiro atoms. The van der Waals surface area contributed by atoms with Gasteiger partial charge < -0.3 is 9.80 Å². The highest BCUT2D eigenvalue weighted by molar-refractivity contribution is 7.22. The van der Waals surface area contributed by atoms with Gasteiger partial charge in [-0.3, -0.25) is 9.48 Å². The van der Waals surface area contributed by atoms with E-state index in [1.54, 1.807) is 11.3 Å². The first-order valence-electron chi connectivity index (χ1n) is 9.68. The number of fused-ring (bicyclic) bond motifs is 2. The molecule has 1 atom stereocenters. The molecule has 0 aliphatic carbocycles. The van der Waals surface area contributed by atoms with Crippen LogP contribution in [0, 0.1) is 5.92 Å². The minimum Gasteiger partial charge on any atom is -0.346 e. The van der Waals surface area contributed by atoms with Crippen molar-refractivity contribution in [3.05, 3.63) is 42.2 Å². The van der Waals surface area contributed by atoms with E-state index < -0.39 is 0 Å². The summed E-state index contributed by atoms with van der Waals surface area (Å²) in [6.07, 6.45) is 4.54. The van der Waals surface area contributed by atoms with Crippen LogP contribution in [0.5, 0.6) is 0 Å². The van der Waals surface area contributed by atoms with Crippen LogP contribution < -0.4 is 4.90 Å². The Hall–Kier alpha value is -2.41. The van der Waals surface area contributed by atoms with Gasteiger partial charge in [-0.1, -0.05) is 23.5 Å². The van der Waals surface area contributed by atoms with Gasteiger partial charge in [0, 0.05) is 57.0 Å². The van der Waals surface area contributed by atoms with Gasteiger partial charge in [-0.25, -0.2) is 4.98 Å². The zero-order valence-electron chi connectivity index (χ0n) is 15.3. The van der Waals surface area contributed by atoms with E-state index in [2.05, 4.69) is 33.1 Å². The Kier molecular flexibility index (Phi) is 4.32. The highest BCUT2D eigenvalue weighted by Crippen LogP contribution is 2.29. The molecule has 27 heavy (non-hydrogen) atoms.